The molecule has 2 heterocycles. The van der Waals surface area contributed by atoms with Crippen molar-refractivity contribution in [2.75, 3.05) is 25.0 Å². The maximum absolute atomic E-state index is 12.4. The Morgan fingerprint density at radius 3 is 2.77 bits per heavy atom. The highest BCUT2D eigenvalue weighted by Gasteiger charge is 2.41. The second-order valence-electron chi connectivity index (χ2n) is 5.65. The predicted octanol–water partition coefficient (Wildman–Crippen LogP) is 2.02. The summed E-state index contributed by atoms with van der Waals surface area (Å²) in [5, 5.41) is 9.67. The molecule has 118 valence electrons. The summed E-state index contributed by atoms with van der Waals surface area (Å²) in [6.07, 6.45) is 1.31. The second kappa shape index (κ2) is 5.68. The number of anilines is 1. The lowest BCUT2D eigenvalue weighted by molar-refractivity contribution is 0.0848. The van der Waals surface area contributed by atoms with Crippen LogP contribution in [0.15, 0.2) is 18.2 Å². The van der Waals surface area contributed by atoms with Crippen LogP contribution in [0, 0.1) is 0 Å². The number of benzene rings is 1. The monoisotopic (exact) mass is 322 g/mol. The molecule has 0 unspecified atom stereocenters. The summed E-state index contributed by atoms with van der Waals surface area (Å²) in [5.41, 5.74) is 0.737. The van der Waals surface area contributed by atoms with Crippen LogP contribution in [0.3, 0.4) is 0 Å². The molecule has 2 aliphatic heterocycles. The number of carbonyl (C=O) groups is 2. The van der Waals surface area contributed by atoms with Crippen LogP contribution >= 0.6 is 11.6 Å². The Labute approximate surface area is 134 Å². The first kappa shape index (κ1) is 15.0. The Morgan fingerprint density at radius 2 is 2.09 bits per heavy atom. The van der Waals surface area contributed by atoms with Gasteiger partial charge >= 0.3 is 6.03 Å². The molecule has 0 bridgehead atoms. The normalized spacial score (nSPS) is 19.2. The minimum Gasteiger partial charge on any atom is -0.362 e. The number of piperidine rings is 1. The first-order valence-electron chi connectivity index (χ1n) is 7.47. The van der Waals surface area contributed by atoms with Crippen LogP contribution in [0.25, 0.3) is 0 Å². The quantitative estimate of drug-likeness (QED) is 0.740. The van der Waals surface area contributed by atoms with E-state index in [1.807, 2.05) is 19.1 Å². The first-order chi connectivity index (χ1) is 10.5. The summed E-state index contributed by atoms with van der Waals surface area (Å²) in [5.74, 6) is -0.161. The largest absolute Gasteiger partial charge is 0.362 e. The minimum absolute atomic E-state index is 0.0528. The van der Waals surface area contributed by atoms with Crippen molar-refractivity contribution < 1.29 is 9.59 Å². The smallest absolute Gasteiger partial charge is 0.317 e. The molecule has 0 radical (unpaired) electrons. The summed E-state index contributed by atoms with van der Waals surface area (Å²) in [7, 11) is 0. The number of halogens is 1. The fourth-order valence-corrected chi connectivity index (χ4v) is 3.29. The Balaban J connectivity index is 1.75. The molecule has 6 nitrogen and oxygen atoms in total. The Hall–Kier alpha value is -1.95. The molecular weight excluding hydrogens is 304 g/mol. The molecule has 7 heteroatoms. The third kappa shape index (κ3) is 2.59. The molecule has 1 aromatic carbocycles. The van der Waals surface area contributed by atoms with Crippen molar-refractivity contribution in [1.82, 2.24) is 15.5 Å². The number of fused-ring (bicyclic) bond motifs is 1. The van der Waals surface area contributed by atoms with Crippen LogP contribution in [-0.4, -0.2) is 42.1 Å². The van der Waals surface area contributed by atoms with E-state index >= 15 is 0 Å². The lowest BCUT2D eigenvalue weighted by Crippen LogP contribution is -2.63. The van der Waals surface area contributed by atoms with E-state index in [0.29, 0.717) is 43.1 Å². The average molecular weight is 323 g/mol. The van der Waals surface area contributed by atoms with Gasteiger partial charge in [0.25, 0.3) is 5.91 Å². The number of hydrogen-bond acceptors (Lipinski definition) is 3. The van der Waals surface area contributed by atoms with Crippen LogP contribution in [0.2, 0.25) is 5.02 Å². The zero-order valence-corrected chi connectivity index (χ0v) is 13.2. The molecule has 1 fully saturated rings. The van der Waals surface area contributed by atoms with Gasteiger partial charge in [0.15, 0.2) is 0 Å². The molecular formula is C15H19ClN4O2. The van der Waals surface area contributed by atoms with Gasteiger partial charge in [0, 0.05) is 32.5 Å². The number of urea groups is 1. The van der Waals surface area contributed by atoms with Gasteiger partial charge in [-0.2, -0.15) is 0 Å². The third-order valence-electron chi connectivity index (χ3n) is 4.20. The van der Waals surface area contributed by atoms with Crippen LogP contribution in [0.4, 0.5) is 10.5 Å². The second-order valence-corrected chi connectivity index (χ2v) is 6.05. The van der Waals surface area contributed by atoms with Gasteiger partial charge in [0.2, 0.25) is 0 Å². The number of nitrogens with one attached hydrogen (secondary N) is 3. The van der Waals surface area contributed by atoms with Crippen molar-refractivity contribution in [3.8, 4) is 0 Å². The Kier molecular flexibility index (Phi) is 3.87. The van der Waals surface area contributed by atoms with Crippen LogP contribution < -0.4 is 16.0 Å². The van der Waals surface area contributed by atoms with E-state index < -0.39 is 5.66 Å². The van der Waals surface area contributed by atoms with Gasteiger partial charge in [-0.3, -0.25) is 4.79 Å². The van der Waals surface area contributed by atoms with Crippen molar-refractivity contribution in [1.29, 1.82) is 0 Å². The van der Waals surface area contributed by atoms with E-state index in [1.54, 1.807) is 11.0 Å². The molecule has 0 atom stereocenters. The van der Waals surface area contributed by atoms with Gasteiger partial charge in [-0.05, 0) is 19.1 Å². The Bertz CT molecular complexity index is 612. The van der Waals surface area contributed by atoms with E-state index in [-0.39, 0.29) is 11.9 Å². The minimum atomic E-state index is -0.502. The third-order valence-corrected chi connectivity index (χ3v) is 4.51. The predicted molar refractivity (Wildman–Crippen MR) is 85.2 cm³/mol. The highest BCUT2D eigenvalue weighted by Crippen LogP contribution is 2.34. The lowest BCUT2D eigenvalue weighted by Gasteiger charge is -2.45. The van der Waals surface area contributed by atoms with E-state index in [0.717, 1.165) is 5.69 Å². The van der Waals surface area contributed by atoms with Gasteiger partial charge in [-0.1, -0.05) is 17.7 Å². The number of rotatable bonds is 1. The molecule has 3 rings (SSSR count). The van der Waals surface area contributed by atoms with Crippen molar-refractivity contribution in [2.24, 2.45) is 0 Å². The van der Waals surface area contributed by atoms with Gasteiger partial charge in [-0.15, -0.1) is 0 Å². The van der Waals surface area contributed by atoms with E-state index in [1.165, 1.54) is 0 Å². The van der Waals surface area contributed by atoms with Gasteiger partial charge < -0.3 is 20.9 Å². The summed E-state index contributed by atoms with van der Waals surface area (Å²) < 4.78 is 0. The van der Waals surface area contributed by atoms with E-state index in [4.69, 9.17) is 11.6 Å². The molecule has 0 saturated carbocycles. The van der Waals surface area contributed by atoms with Crippen molar-refractivity contribution in [2.45, 2.75) is 25.4 Å². The van der Waals surface area contributed by atoms with Crippen LogP contribution in [0.5, 0.6) is 0 Å². The molecule has 1 aromatic rings. The molecule has 1 saturated heterocycles. The summed E-state index contributed by atoms with van der Waals surface area (Å²) in [6.45, 7) is 3.69. The topological polar surface area (TPSA) is 73.5 Å². The molecule has 2 aliphatic rings. The van der Waals surface area contributed by atoms with Crippen molar-refractivity contribution >= 4 is 29.2 Å². The summed E-state index contributed by atoms with van der Waals surface area (Å²) in [4.78, 5) is 26.0. The Morgan fingerprint density at radius 1 is 1.36 bits per heavy atom. The zero-order chi connectivity index (χ0) is 15.7. The lowest BCUT2D eigenvalue weighted by atomic mass is 9.92. The summed E-state index contributed by atoms with van der Waals surface area (Å²) >= 11 is 6.10. The number of carbonyl (C=O) groups excluding carboxylic acids is 2. The maximum Gasteiger partial charge on any atom is 0.317 e. The molecule has 1 spiro atoms. The molecule has 22 heavy (non-hydrogen) atoms. The SMILES string of the molecule is CCNC(=O)N1CCC2(CC1)NC(=O)c1c(Cl)cccc1N2. The number of nitrogens with zero attached hydrogens (tertiary/aromatic N) is 1. The maximum atomic E-state index is 12.4. The van der Waals surface area contributed by atoms with Gasteiger partial charge in [0.1, 0.15) is 5.66 Å². The highest BCUT2D eigenvalue weighted by molar-refractivity contribution is 6.34. The number of hydrogen-bond donors (Lipinski definition) is 3. The summed E-state index contributed by atoms with van der Waals surface area (Å²) in [6, 6.07) is 5.34. The molecule has 0 aromatic heterocycles. The standard InChI is InChI=1S/C15H19ClN4O2/c1-2-17-14(22)20-8-6-15(7-9-20)18-11-5-3-4-10(16)12(11)13(21)19-15/h3-5,18H,2,6-9H2,1H3,(H,17,22)(H,19,21). The molecule has 3 N–H and O–H groups in total. The molecule has 3 amide bonds. The highest BCUT2D eigenvalue weighted by atomic mass is 35.5. The number of amides is 3. The fraction of sp³-hybridized carbons (Fsp3) is 0.467. The van der Waals surface area contributed by atoms with Gasteiger partial charge in [0.05, 0.1) is 16.3 Å². The average Bonchev–Trinajstić information content (AvgIpc) is 2.47. The zero-order valence-electron chi connectivity index (χ0n) is 12.4. The number of likely N-dealkylation sites (tertiary alicyclic amines) is 1. The van der Waals surface area contributed by atoms with E-state index in [9.17, 15) is 9.59 Å². The first-order valence-corrected chi connectivity index (χ1v) is 7.84. The van der Waals surface area contributed by atoms with Gasteiger partial charge in [-0.25, -0.2) is 4.79 Å². The fourth-order valence-electron chi connectivity index (χ4n) is 3.03. The van der Waals surface area contributed by atoms with E-state index in [2.05, 4.69) is 16.0 Å². The molecule has 0 aliphatic carbocycles. The van der Waals surface area contributed by atoms with Crippen molar-refractivity contribution in [3.05, 3.63) is 28.8 Å². The van der Waals surface area contributed by atoms with Crippen LogP contribution in [0.1, 0.15) is 30.1 Å². The van der Waals surface area contributed by atoms with Crippen LogP contribution in [-0.2, 0) is 0 Å². The van der Waals surface area contributed by atoms with Crippen molar-refractivity contribution in [3.63, 3.8) is 0 Å².